The third kappa shape index (κ3) is 2.28. The van der Waals surface area contributed by atoms with Gasteiger partial charge in [0.15, 0.2) is 10.8 Å². The summed E-state index contributed by atoms with van der Waals surface area (Å²) in [6.07, 6.45) is 1.91. The molecule has 0 saturated carbocycles. The number of rotatable bonds is 3. The van der Waals surface area contributed by atoms with Crippen LogP contribution in [0.2, 0.25) is 0 Å². The van der Waals surface area contributed by atoms with Gasteiger partial charge in [0.2, 0.25) is 0 Å². The first-order chi connectivity index (χ1) is 7.92. The predicted molar refractivity (Wildman–Crippen MR) is 61.8 cm³/mol. The second-order valence-corrected chi connectivity index (χ2v) is 5.77. The molecular weight excluding hydrogens is 244 g/mol. The summed E-state index contributed by atoms with van der Waals surface area (Å²) in [5.41, 5.74) is 5.55. The molecule has 17 heavy (non-hydrogen) atoms. The van der Waals surface area contributed by atoms with Crippen molar-refractivity contribution < 1.29 is 13.2 Å². The van der Waals surface area contributed by atoms with E-state index < -0.39 is 10.0 Å². The van der Waals surface area contributed by atoms with E-state index in [0.29, 0.717) is 13.0 Å². The molecule has 8 heteroatoms. The summed E-state index contributed by atoms with van der Waals surface area (Å²) < 4.78 is 33.5. The van der Waals surface area contributed by atoms with Gasteiger partial charge in [-0.2, -0.15) is 0 Å². The highest BCUT2D eigenvalue weighted by atomic mass is 32.2. The van der Waals surface area contributed by atoms with Gasteiger partial charge in [-0.25, -0.2) is 18.1 Å². The summed E-state index contributed by atoms with van der Waals surface area (Å²) in [5, 5.41) is -0.00315. The molecular formula is C9H16N4O3S. The minimum Gasteiger partial charge on any atom is -0.381 e. The van der Waals surface area contributed by atoms with Gasteiger partial charge >= 0.3 is 0 Å². The molecule has 0 radical (unpaired) electrons. The number of hydrogen-bond donors (Lipinski definition) is 2. The Labute approximate surface area is 100 Å². The number of aryl methyl sites for hydroxylation is 1. The van der Waals surface area contributed by atoms with Crippen LogP contribution in [0, 0.1) is 0 Å². The molecule has 1 aromatic heterocycles. The summed E-state index contributed by atoms with van der Waals surface area (Å²) in [4.78, 5) is 3.77. The normalized spacial score (nSPS) is 25.3. The molecule has 1 aromatic rings. The fourth-order valence-corrected chi connectivity index (χ4v) is 3.48. The standard InChI is InChI=1S/C9H16N4O3S/c1-6-7(3-4-16-6)12-17(14,15)9-8(10)11-5-13(9)2/h5-7,12H,3-4,10H2,1-2H3. The van der Waals surface area contributed by atoms with E-state index in [9.17, 15) is 8.42 Å². The highest BCUT2D eigenvalue weighted by molar-refractivity contribution is 7.89. The van der Waals surface area contributed by atoms with Crippen molar-refractivity contribution in [2.45, 2.75) is 30.5 Å². The minimum absolute atomic E-state index is 0.00315. The van der Waals surface area contributed by atoms with Crippen LogP contribution in [0.25, 0.3) is 0 Å². The molecule has 7 nitrogen and oxygen atoms in total. The Morgan fingerprint density at radius 1 is 1.65 bits per heavy atom. The number of imidazole rings is 1. The average molecular weight is 260 g/mol. The van der Waals surface area contributed by atoms with E-state index in [-0.39, 0.29) is 23.0 Å². The number of nitrogen functional groups attached to an aromatic ring is 1. The van der Waals surface area contributed by atoms with Crippen molar-refractivity contribution in [2.24, 2.45) is 7.05 Å². The first-order valence-corrected chi connectivity index (χ1v) is 6.81. The molecule has 1 saturated heterocycles. The summed E-state index contributed by atoms with van der Waals surface area (Å²) in [6.45, 7) is 2.40. The number of aromatic nitrogens is 2. The van der Waals surface area contributed by atoms with Crippen LogP contribution in [0.1, 0.15) is 13.3 Å². The van der Waals surface area contributed by atoms with Gasteiger partial charge in [0.1, 0.15) is 0 Å². The molecule has 0 aliphatic carbocycles. The lowest BCUT2D eigenvalue weighted by Gasteiger charge is -2.16. The molecule has 2 unspecified atom stereocenters. The quantitative estimate of drug-likeness (QED) is 0.760. The second-order valence-electron chi connectivity index (χ2n) is 4.14. The number of hydrogen-bond acceptors (Lipinski definition) is 5. The summed E-state index contributed by atoms with van der Waals surface area (Å²) in [6, 6.07) is -0.214. The number of anilines is 1. The van der Waals surface area contributed by atoms with Gasteiger partial charge in [0.05, 0.1) is 18.5 Å². The molecule has 2 heterocycles. The lowest BCUT2D eigenvalue weighted by atomic mass is 10.2. The van der Waals surface area contributed by atoms with Gasteiger partial charge in [-0.3, -0.25) is 0 Å². The van der Waals surface area contributed by atoms with Crippen molar-refractivity contribution in [2.75, 3.05) is 12.3 Å². The van der Waals surface area contributed by atoms with Gasteiger partial charge in [0.25, 0.3) is 10.0 Å². The van der Waals surface area contributed by atoms with Crippen LogP contribution in [0.4, 0.5) is 5.82 Å². The van der Waals surface area contributed by atoms with Crippen molar-refractivity contribution in [1.82, 2.24) is 14.3 Å². The van der Waals surface area contributed by atoms with Crippen molar-refractivity contribution in [3.8, 4) is 0 Å². The molecule has 3 N–H and O–H groups in total. The zero-order valence-corrected chi connectivity index (χ0v) is 10.6. The maximum absolute atomic E-state index is 12.1. The molecule has 1 aliphatic heterocycles. The molecule has 0 aromatic carbocycles. The molecule has 0 spiro atoms. The maximum atomic E-state index is 12.1. The summed E-state index contributed by atoms with van der Waals surface area (Å²) in [7, 11) is -2.06. The van der Waals surface area contributed by atoms with Crippen LogP contribution in [0.3, 0.4) is 0 Å². The van der Waals surface area contributed by atoms with Gasteiger partial charge < -0.3 is 15.0 Å². The molecule has 2 atom stereocenters. The topological polar surface area (TPSA) is 99.2 Å². The molecule has 1 fully saturated rings. The smallest absolute Gasteiger partial charge is 0.260 e. The Balaban J connectivity index is 2.25. The van der Waals surface area contributed by atoms with Gasteiger partial charge in [-0.1, -0.05) is 0 Å². The lowest BCUT2D eigenvalue weighted by Crippen LogP contribution is -2.39. The fourth-order valence-electron chi connectivity index (χ4n) is 1.91. The first kappa shape index (κ1) is 12.3. The Kier molecular flexibility index (Phi) is 3.11. The van der Waals surface area contributed by atoms with E-state index in [2.05, 4.69) is 9.71 Å². The zero-order valence-electron chi connectivity index (χ0n) is 9.75. The van der Waals surface area contributed by atoms with Crippen LogP contribution >= 0.6 is 0 Å². The number of sulfonamides is 1. The van der Waals surface area contributed by atoms with E-state index in [1.807, 2.05) is 6.92 Å². The third-order valence-corrected chi connectivity index (χ3v) is 4.47. The van der Waals surface area contributed by atoms with E-state index >= 15 is 0 Å². The van der Waals surface area contributed by atoms with E-state index in [1.54, 1.807) is 7.05 Å². The number of ether oxygens (including phenoxy) is 1. The highest BCUT2D eigenvalue weighted by Gasteiger charge is 2.31. The minimum atomic E-state index is -3.65. The van der Waals surface area contributed by atoms with Crippen LogP contribution in [-0.2, 0) is 21.8 Å². The lowest BCUT2D eigenvalue weighted by molar-refractivity contribution is 0.117. The van der Waals surface area contributed by atoms with E-state index in [1.165, 1.54) is 10.9 Å². The van der Waals surface area contributed by atoms with E-state index in [4.69, 9.17) is 10.5 Å². The second kappa shape index (κ2) is 4.28. The van der Waals surface area contributed by atoms with Crippen LogP contribution in [0.15, 0.2) is 11.4 Å². The molecule has 96 valence electrons. The third-order valence-electron chi connectivity index (χ3n) is 2.85. The number of nitrogens with two attached hydrogens (primary N) is 1. The van der Waals surface area contributed by atoms with E-state index in [0.717, 1.165) is 0 Å². The SMILES string of the molecule is CC1OCCC1NS(=O)(=O)c1c(N)ncn1C. The maximum Gasteiger partial charge on any atom is 0.260 e. The molecule has 0 amide bonds. The van der Waals surface area contributed by atoms with Crippen molar-refractivity contribution >= 4 is 15.8 Å². The van der Waals surface area contributed by atoms with Gasteiger partial charge in [0, 0.05) is 13.7 Å². The fraction of sp³-hybridized carbons (Fsp3) is 0.667. The van der Waals surface area contributed by atoms with Crippen LogP contribution < -0.4 is 10.5 Å². The van der Waals surface area contributed by atoms with Gasteiger partial charge in [-0.05, 0) is 13.3 Å². The largest absolute Gasteiger partial charge is 0.381 e. The number of nitrogens with one attached hydrogen (secondary N) is 1. The Bertz CT molecular complexity index is 491. The molecule has 0 bridgehead atoms. The van der Waals surface area contributed by atoms with Crippen molar-refractivity contribution in [3.05, 3.63) is 6.33 Å². The molecule has 2 rings (SSSR count). The Morgan fingerprint density at radius 2 is 2.35 bits per heavy atom. The highest BCUT2D eigenvalue weighted by Crippen LogP contribution is 2.19. The summed E-state index contributed by atoms with van der Waals surface area (Å²) >= 11 is 0. The summed E-state index contributed by atoms with van der Waals surface area (Å²) in [5.74, 6) is 0.00608. The van der Waals surface area contributed by atoms with Crippen LogP contribution in [-0.4, -0.2) is 36.7 Å². The van der Waals surface area contributed by atoms with Gasteiger partial charge in [-0.15, -0.1) is 0 Å². The predicted octanol–water partition coefficient (Wildman–Crippen LogP) is -0.542. The monoisotopic (exact) mass is 260 g/mol. The first-order valence-electron chi connectivity index (χ1n) is 5.32. The zero-order chi connectivity index (χ0) is 12.6. The molecule has 1 aliphatic rings. The Morgan fingerprint density at radius 3 is 2.82 bits per heavy atom. The van der Waals surface area contributed by atoms with Crippen LogP contribution in [0.5, 0.6) is 0 Å². The Hall–Kier alpha value is -1.12. The van der Waals surface area contributed by atoms with Crippen molar-refractivity contribution in [1.29, 1.82) is 0 Å². The van der Waals surface area contributed by atoms with Crippen molar-refractivity contribution in [3.63, 3.8) is 0 Å². The number of nitrogens with zero attached hydrogens (tertiary/aromatic N) is 2. The average Bonchev–Trinajstić information content (AvgIpc) is 2.74.